The van der Waals surface area contributed by atoms with Crippen LogP contribution in [0.3, 0.4) is 0 Å². The van der Waals surface area contributed by atoms with Gasteiger partial charge in [-0.05, 0) is 32.8 Å². The molecule has 1 heterocycles. The second-order valence-electron chi connectivity index (χ2n) is 4.09. The maximum absolute atomic E-state index is 5.83. The van der Waals surface area contributed by atoms with Crippen LogP contribution in [0.15, 0.2) is 46.9 Å². The zero-order chi connectivity index (χ0) is 14.1. The first-order valence-electron chi connectivity index (χ1n) is 5.78. The van der Waals surface area contributed by atoms with E-state index in [1.807, 2.05) is 36.4 Å². The molecule has 0 saturated heterocycles. The van der Waals surface area contributed by atoms with Crippen LogP contribution in [-0.2, 0) is 0 Å². The minimum Gasteiger partial charge on any atom is -0.438 e. The van der Waals surface area contributed by atoms with Crippen LogP contribution in [0.4, 0.5) is 5.95 Å². The molecule has 2 aromatic carbocycles. The summed E-state index contributed by atoms with van der Waals surface area (Å²) in [5.41, 5.74) is 5.54. The molecule has 0 aliphatic heterocycles. The second kappa shape index (κ2) is 5.26. The molecule has 0 unspecified atom stereocenters. The molecule has 6 heteroatoms. The molecule has 0 amide bonds. The molecule has 100 valence electrons. The van der Waals surface area contributed by atoms with Gasteiger partial charge in [0.2, 0.25) is 11.8 Å². The Hall–Kier alpha value is -1.85. The lowest BCUT2D eigenvalue weighted by molar-refractivity contribution is 0.460. The minimum atomic E-state index is 0.0735. The second-order valence-corrected chi connectivity index (χ2v) is 5.27. The number of rotatable bonds is 2. The van der Waals surface area contributed by atoms with Crippen molar-refractivity contribution in [2.45, 2.75) is 0 Å². The van der Waals surface area contributed by atoms with Crippen molar-refractivity contribution in [2.75, 3.05) is 5.73 Å². The predicted octanol–water partition coefficient (Wildman–Crippen LogP) is 4.42. The normalized spacial score (nSPS) is 10.7. The maximum atomic E-state index is 5.83. The van der Waals surface area contributed by atoms with Crippen molar-refractivity contribution in [3.8, 4) is 11.6 Å². The molecule has 3 aromatic rings. The van der Waals surface area contributed by atoms with Crippen LogP contribution < -0.4 is 10.5 Å². The van der Waals surface area contributed by atoms with Gasteiger partial charge in [-0.25, -0.2) is 4.98 Å². The molecule has 0 radical (unpaired) electrons. The van der Waals surface area contributed by atoms with E-state index in [0.29, 0.717) is 11.6 Å². The van der Waals surface area contributed by atoms with Gasteiger partial charge in [-0.1, -0.05) is 41.9 Å². The average Bonchev–Trinajstić information content (AvgIpc) is 2.41. The Morgan fingerprint density at radius 3 is 2.70 bits per heavy atom. The summed E-state index contributed by atoms with van der Waals surface area (Å²) in [6.07, 6.45) is 0. The highest BCUT2D eigenvalue weighted by Gasteiger charge is 2.09. The number of hydrogen-bond donors (Lipinski definition) is 1. The zero-order valence-electron chi connectivity index (χ0n) is 10.2. The lowest BCUT2D eigenvalue weighted by atomic mass is 10.1. The monoisotopic (exact) mass is 349 g/mol. The van der Waals surface area contributed by atoms with Crippen molar-refractivity contribution in [3.63, 3.8) is 0 Å². The van der Waals surface area contributed by atoms with Crippen molar-refractivity contribution < 1.29 is 4.74 Å². The molecule has 0 spiro atoms. The average molecular weight is 351 g/mol. The Morgan fingerprint density at radius 1 is 1.10 bits per heavy atom. The molecule has 2 N–H and O–H groups in total. The summed E-state index contributed by atoms with van der Waals surface area (Å²) in [6, 6.07) is 13.3. The fourth-order valence-corrected chi connectivity index (χ4v) is 2.63. The summed E-state index contributed by atoms with van der Waals surface area (Å²) >= 11 is 9.37. The number of aromatic nitrogens is 2. The van der Waals surface area contributed by atoms with Gasteiger partial charge in [-0.2, -0.15) is 4.98 Å². The molecule has 0 bridgehead atoms. The SMILES string of the molecule is Nc1nc(Cl)cc(Oc2ccc3ccccc3c2Br)n1. The quantitative estimate of drug-likeness (QED) is 0.695. The van der Waals surface area contributed by atoms with E-state index in [9.17, 15) is 0 Å². The third-order valence-electron chi connectivity index (χ3n) is 2.73. The van der Waals surface area contributed by atoms with Crippen molar-refractivity contribution in [1.29, 1.82) is 0 Å². The molecule has 4 nitrogen and oxygen atoms in total. The van der Waals surface area contributed by atoms with Crippen molar-refractivity contribution in [3.05, 3.63) is 52.1 Å². The van der Waals surface area contributed by atoms with Gasteiger partial charge < -0.3 is 10.5 Å². The van der Waals surface area contributed by atoms with E-state index < -0.39 is 0 Å². The zero-order valence-corrected chi connectivity index (χ0v) is 12.5. The highest BCUT2D eigenvalue weighted by Crippen LogP contribution is 2.35. The van der Waals surface area contributed by atoms with Gasteiger partial charge >= 0.3 is 0 Å². The summed E-state index contributed by atoms with van der Waals surface area (Å²) in [5, 5.41) is 2.41. The van der Waals surface area contributed by atoms with Crippen LogP contribution in [0.1, 0.15) is 0 Å². The number of nitrogens with two attached hydrogens (primary N) is 1. The van der Waals surface area contributed by atoms with Crippen LogP contribution in [0.25, 0.3) is 10.8 Å². The fraction of sp³-hybridized carbons (Fsp3) is 0. The first kappa shape index (κ1) is 13.1. The molecule has 0 atom stereocenters. The number of nitrogens with zero attached hydrogens (tertiary/aromatic N) is 2. The Morgan fingerprint density at radius 2 is 1.90 bits per heavy atom. The van der Waals surface area contributed by atoms with E-state index in [1.54, 1.807) is 0 Å². The van der Waals surface area contributed by atoms with Crippen LogP contribution in [0.2, 0.25) is 5.15 Å². The highest BCUT2D eigenvalue weighted by atomic mass is 79.9. The van der Waals surface area contributed by atoms with E-state index in [-0.39, 0.29) is 11.1 Å². The largest absolute Gasteiger partial charge is 0.438 e. The van der Waals surface area contributed by atoms with E-state index in [2.05, 4.69) is 25.9 Å². The summed E-state index contributed by atoms with van der Waals surface area (Å²) in [6.45, 7) is 0. The summed E-state index contributed by atoms with van der Waals surface area (Å²) in [5.74, 6) is 1.01. The van der Waals surface area contributed by atoms with Gasteiger partial charge in [0.05, 0.1) is 4.47 Å². The molecule has 1 aromatic heterocycles. The predicted molar refractivity (Wildman–Crippen MR) is 83.2 cm³/mol. The molecule has 3 rings (SSSR count). The first-order valence-corrected chi connectivity index (χ1v) is 6.96. The number of benzene rings is 2. The van der Waals surface area contributed by atoms with Gasteiger partial charge in [-0.3, -0.25) is 0 Å². The number of anilines is 1. The Bertz CT molecular complexity index is 774. The summed E-state index contributed by atoms with van der Waals surface area (Å²) < 4.78 is 6.57. The fourth-order valence-electron chi connectivity index (χ4n) is 1.87. The lowest BCUT2D eigenvalue weighted by Crippen LogP contribution is -1.97. The number of nitrogen functional groups attached to an aromatic ring is 1. The number of fused-ring (bicyclic) bond motifs is 1. The van der Waals surface area contributed by atoms with Gasteiger partial charge in [0.1, 0.15) is 10.9 Å². The summed E-state index contributed by atoms with van der Waals surface area (Å²) in [7, 11) is 0. The lowest BCUT2D eigenvalue weighted by Gasteiger charge is -2.09. The molecular weight excluding hydrogens is 342 g/mol. The third kappa shape index (κ3) is 2.55. The minimum absolute atomic E-state index is 0.0735. The Kier molecular flexibility index (Phi) is 3.46. The highest BCUT2D eigenvalue weighted by molar-refractivity contribution is 9.10. The van der Waals surface area contributed by atoms with Crippen LogP contribution in [0.5, 0.6) is 11.6 Å². The van der Waals surface area contributed by atoms with Gasteiger partial charge in [-0.15, -0.1) is 0 Å². The maximum Gasteiger partial charge on any atom is 0.225 e. The Labute approximate surface area is 128 Å². The van der Waals surface area contributed by atoms with Crippen LogP contribution >= 0.6 is 27.5 Å². The molecule has 0 aliphatic rings. The molecule has 20 heavy (non-hydrogen) atoms. The topological polar surface area (TPSA) is 61.0 Å². The first-order chi connectivity index (χ1) is 9.63. The van der Waals surface area contributed by atoms with Crippen LogP contribution in [-0.4, -0.2) is 9.97 Å². The van der Waals surface area contributed by atoms with E-state index in [0.717, 1.165) is 15.2 Å². The van der Waals surface area contributed by atoms with Crippen molar-refractivity contribution in [2.24, 2.45) is 0 Å². The van der Waals surface area contributed by atoms with Gasteiger partial charge in [0.25, 0.3) is 0 Å². The third-order valence-corrected chi connectivity index (χ3v) is 3.74. The molecule has 0 fully saturated rings. The standard InChI is InChI=1S/C14H9BrClN3O/c15-13-9-4-2-1-3-8(9)5-6-10(13)20-12-7-11(16)18-14(17)19-12/h1-7H,(H2,17,18,19). The van der Waals surface area contributed by atoms with E-state index >= 15 is 0 Å². The van der Waals surface area contributed by atoms with Gasteiger partial charge in [0, 0.05) is 6.07 Å². The molecular formula is C14H9BrClN3O. The number of hydrogen-bond acceptors (Lipinski definition) is 4. The number of ether oxygens (including phenoxy) is 1. The Balaban J connectivity index is 2.04. The van der Waals surface area contributed by atoms with Crippen molar-refractivity contribution >= 4 is 44.3 Å². The summed E-state index contributed by atoms with van der Waals surface area (Å²) in [4.78, 5) is 7.78. The number of halogens is 2. The van der Waals surface area contributed by atoms with E-state index in [4.69, 9.17) is 22.1 Å². The molecule has 0 saturated carbocycles. The van der Waals surface area contributed by atoms with Crippen LogP contribution in [0, 0.1) is 0 Å². The van der Waals surface area contributed by atoms with E-state index in [1.165, 1.54) is 6.07 Å². The van der Waals surface area contributed by atoms with Crippen molar-refractivity contribution in [1.82, 2.24) is 9.97 Å². The van der Waals surface area contributed by atoms with Gasteiger partial charge in [0.15, 0.2) is 0 Å². The smallest absolute Gasteiger partial charge is 0.225 e. The molecule has 0 aliphatic carbocycles.